The summed E-state index contributed by atoms with van der Waals surface area (Å²) in [4.78, 5) is 27.9. The molecule has 3 aromatic rings. The van der Waals surface area contributed by atoms with Crippen LogP contribution in [0.1, 0.15) is 35.8 Å². The fourth-order valence-corrected chi connectivity index (χ4v) is 3.90. The second kappa shape index (κ2) is 8.47. The van der Waals surface area contributed by atoms with E-state index in [9.17, 15) is 9.18 Å². The number of rotatable bonds is 4. The fraction of sp³-hybridized carbons (Fsp3) is 0.304. The molecule has 4 rings (SSSR count). The Morgan fingerprint density at radius 3 is 2.79 bits per heavy atom. The summed E-state index contributed by atoms with van der Waals surface area (Å²) >= 11 is 0. The summed E-state index contributed by atoms with van der Waals surface area (Å²) in [5.74, 6) is 0.461. The van der Waals surface area contributed by atoms with Gasteiger partial charge in [0.25, 0.3) is 0 Å². The molecule has 1 aromatic carbocycles. The molecule has 0 aliphatic carbocycles. The van der Waals surface area contributed by atoms with Gasteiger partial charge in [0.2, 0.25) is 5.91 Å². The number of halogens is 1. The van der Waals surface area contributed by atoms with Crippen molar-refractivity contribution in [2.75, 3.05) is 13.1 Å². The maximum atomic E-state index is 14.0. The Labute approximate surface area is 169 Å². The Morgan fingerprint density at radius 1 is 1.21 bits per heavy atom. The Balaban J connectivity index is 1.57. The zero-order valence-electron chi connectivity index (χ0n) is 16.4. The SMILES string of the molecule is Cc1ncc(-c2ccncc2)c(C2CCCN(C(=O)Cc3ccccc3F)C2)n1. The number of amides is 1. The smallest absolute Gasteiger partial charge is 0.227 e. The molecule has 148 valence electrons. The van der Waals surface area contributed by atoms with Crippen LogP contribution >= 0.6 is 0 Å². The maximum absolute atomic E-state index is 14.0. The molecule has 29 heavy (non-hydrogen) atoms. The minimum absolute atomic E-state index is 0.0453. The van der Waals surface area contributed by atoms with E-state index in [-0.39, 0.29) is 24.1 Å². The molecule has 0 saturated carbocycles. The Morgan fingerprint density at radius 2 is 2.00 bits per heavy atom. The third-order valence-electron chi connectivity index (χ3n) is 5.39. The Hall–Kier alpha value is -3.15. The predicted octanol–water partition coefficient (Wildman–Crippen LogP) is 3.93. The van der Waals surface area contributed by atoms with Crippen LogP contribution in [0.15, 0.2) is 55.0 Å². The van der Waals surface area contributed by atoms with Crippen molar-refractivity contribution in [2.24, 2.45) is 0 Å². The van der Waals surface area contributed by atoms with Crippen LogP contribution in [-0.2, 0) is 11.2 Å². The lowest BCUT2D eigenvalue weighted by atomic mass is 9.90. The lowest BCUT2D eigenvalue weighted by molar-refractivity contribution is -0.131. The lowest BCUT2D eigenvalue weighted by Gasteiger charge is -2.33. The monoisotopic (exact) mass is 390 g/mol. The summed E-state index contributed by atoms with van der Waals surface area (Å²) in [6, 6.07) is 10.4. The van der Waals surface area contributed by atoms with E-state index in [1.165, 1.54) is 6.07 Å². The molecule has 6 heteroatoms. The van der Waals surface area contributed by atoms with E-state index >= 15 is 0 Å². The molecule has 1 atom stereocenters. The predicted molar refractivity (Wildman–Crippen MR) is 109 cm³/mol. The van der Waals surface area contributed by atoms with Crippen LogP contribution in [0.5, 0.6) is 0 Å². The molecule has 1 aliphatic heterocycles. The number of hydrogen-bond donors (Lipinski definition) is 0. The van der Waals surface area contributed by atoms with Crippen molar-refractivity contribution in [2.45, 2.75) is 32.1 Å². The van der Waals surface area contributed by atoms with Crippen LogP contribution in [0.25, 0.3) is 11.1 Å². The normalized spacial score (nSPS) is 16.6. The van der Waals surface area contributed by atoms with Crippen LogP contribution < -0.4 is 0 Å². The van der Waals surface area contributed by atoms with Crippen molar-refractivity contribution in [3.63, 3.8) is 0 Å². The number of pyridine rings is 1. The number of aryl methyl sites for hydroxylation is 1. The summed E-state index contributed by atoms with van der Waals surface area (Å²) in [6.45, 7) is 3.16. The first-order valence-electron chi connectivity index (χ1n) is 9.87. The number of aromatic nitrogens is 3. The van der Waals surface area contributed by atoms with Gasteiger partial charge in [0, 0.05) is 43.2 Å². The van der Waals surface area contributed by atoms with Crippen LogP contribution in [-0.4, -0.2) is 38.8 Å². The molecule has 0 bridgehead atoms. The van der Waals surface area contributed by atoms with Gasteiger partial charge in [0.15, 0.2) is 0 Å². The molecular formula is C23H23FN4O. The standard InChI is InChI=1S/C23H23FN4O/c1-16-26-14-20(17-8-10-25-11-9-17)23(27-16)19-6-4-12-28(15-19)22(29)13-18-5-2-3-7-21(18)24/h2-3,5,7-11,14,19H,4,6,12-13,15H2,1H3. The van der Waals surface area contributed by atoms with Gasteiger partial charge in [-0.1, -0.05) is 18.2 Å². The highest BCUT2D eigenvalue weighted by Gasteiger charge is 2.28. The van der Waals surface area contributed by atoms with Crippen LogP contribution in [0.2, 0.25) is 0 Å². The quantitative estimate of drug-likeness (QED) is 0.677. The first-order chi connectivity index (χ1) is 14.1. The molecule has 3 heterocycles. The molecule has 1 fully saturated rings. The second-order valence-corrected chi connectivity index (χ2v) is 7.40. The van der Waals surface area contributed by atoms with E-state index in [1.54, 1.807) is 30.6 Å². The average molecular weight is 390 g/mol. The van der Waals surface area contributed by atoms with Crippen molar-refractivity contribution in [3.8, 4) is 11.1 Å². The molecule has 1 unspecified atom stereocenters. The van der Waals surface area contributed by atoms with Crippen molar-refractivity contribution in [1.82, 2.24) is 19.9 Å². The molecule has 1 saturated heterocycles. The van der Waals surface area contributed by atoms with Gasteiger partial charge < -0.3 is 4.90 Å². The van der Waals surface area contributed by atoms with E-state index in [0.717, 1.165) is 29.7 Å². The van der Waals surface area contributed by atoms with Crippen molar-refractivity contribution >= 4 is 5.91 Å². The summed E-state index contributed by atoms with van der Waals surface area (Å²) in [5, 5.41) is 0. The molecule has 5 nitrogen and oxygen atoms in total. The van der Waals surface area contributed by atoms with Gasteiger partial charge in [0.05, 0.1) is 12.1 Å². The van der Waals surface area contributed by atoms with Crippen LogP contribution in [0, 0.1) is 12.7 Å². The van der Waals surface area contributed by atoms with Gasteiger partial charge in [-0.05, 0) is 49.1 Å². The zero-order valence-corrected chi connectivity index (χ0v) is 16.4. The highest BCUT2D eigenvalue weighted by Crippen LogP contribution is 2.33. The highest BCUT2D eigenvalue weighted by atomic mass is 19.1. The van der Waals surface area contributed by atoms with Crippen LogP contribution in [0.4, 0.5) is 4.39 Å². The Bertz CT molecular complexity index is 1010. The number of carbonyl (C=O) groups is 1. The van der Waals surface area contributed by atoms with Gasteiger partial charge in [0.1, 0.15) is 11.6 Å². The van der Waals surface area contributed by atoms with Gasteiger partial charge in [-0.15, -0.1) is 0 Å². The molecule has 1 aliphatic rings. The lowest BCUT2D eigenvalue weighted by Crippen LogP contribution is -2.40. The third kappa shape index (κ3) is 4.31. The van der Waals surface area contributed by atoms with E-state index < -0.39 is 0 Å². The summed E-state index contributed by atoms with van der Waals surface area (Å²) in [7, 11) is 0. The number of benzene rings is 1. The topological polar surface area (TPSA) is 59.0 Å². The molecular weight excluding hydrogens is 367 g/mol. The number of carbonyl (C=O) groups excluding carboxylic acids is 1. The highest BCUT2D eigenvalue weighted by molar-refractivity contribution is 5.79. The molecule has 1 amide bonds. The largest absolute Gasteiger partial charge is 0.342 e. The molecule has 0 radical (unpaired) electrons. The molecule has 2 aromatic heterocycles. The van der Waals surface area contributed by atoms with E-state index in [1.807, 2.05) is 30.2 Å². The van der Waals surface area contributed by atoms with Crippen molar-refractivity contribution in [1.29, 1.82) is 0 Å². The number of nitrogens with zero attached hydrogens (tertiary/aromatic N) is 4. The average Bonchev–Trinajstić information content (AvgIpc) is 2.76. The second-order valence-electron chi connectivity index (χ2n) is 7.40. The number of piperidine rings is 1. The minimum atomic E-state index is -0.333. The molecule has 0 spiro atoms. The first kappa shape index (κ1) is 19.2. The van der Waals surface area contributed by atoms with E-state index in [2.05, 4.69) is 9.97 Å². The van der Waals surface area contributed by atoms with Crippen molar-refractivity contribution in [3.05, 3.63) is 77.9 Å². The van der Waals surface area contributed by atoms with Gasteiger partial charge >= 0.3 is 0 Å². The van der Waals surface area contributed by atoms with Gasteiger partial charge in [-0.25, -0.2) is 14.4 Å². The number of likely N-dealkylation sites (tertiary alicyclic amines) is 1. The van der Waals surface area contributed by atoms with E-state index in [0.29, 0.717) is 24.5 Å². The van der Waals surface area contributed by atoms with Crippen LogP contribution in [0.3, 0.4) is 0 Å². The van der Waals surface area contributed by atoms with Gasteiger partial charge in [-0.3, -0.25) is 9.78 Å². The van der Waals surface area contributed by atoms with Gasteiger partial charge in [-0.2, -0.15) is 0 Å². The first-order valence-corrected chi connectivity index (χ1v) is 9.87. The Kier molecular flexibility index (Phi) is 5.60. The summed E-state index contributed by atoms with van der Waals surface area (Å²) in [5.41, 5.74) is 3.40. The zero-order chi connectivity index (χ0) is 20.2. The maximum Gasteiger partial charge on any atom is 0.227 e. The summed E-state index contributed by atoms with van der Waals surface area (Å²) in [6.07, 6.45) is 7.30. The third-order valence-corrected chi connectivity index (χ3v) is 5.39. The minimum Gasteiger partial charge on any atom is -0.342 e. The molecule has 0 N–H and O–H groups in total. The summed E-state index contributed by atoms with van der Waals surface area (Å²) < 4.78 is 14.0. The number of hydrogen-bond acceptors (Lipinski definition) is 4. The fourth-order valence-electron chi connectivity index (χ4n) is 3.90. The van der Waals surface area contributed by atoms with E-state index in [4.69, 9.17) is 4.98 Å². The van der Waals surface area contributed by atoms with Crippen molar-refractivity contribution < 1.29 is 9.18 Å².